The van der Waals surface area contributed by atoms with Gasteiger partial charge in [0.25, 0.3) is 5.91 Å². The summed E-state index contributed by atoms with van der Waals surface area (Å²) in [5.74, 6) is -0.307. The molecule has 0 saturated heterocycles. The van der Waals surface area contributed by atoms with Crippen molar-refractivity contribution in [1.29, 1.82) is 0 Å². The number of fused-ring (bicyclic) bond motifs is 1. The van der Waals surface area contributed by atoms with Crippen LogP contribution in [0, 0.1) is 5.82 Å². The lowest BCUT2D eigenvalue weighted by Gasteiger charge is -2.23. The molecule has 0 bridgehead atoms. The van der Waals surface area contributed by atoms with Crippen molar-refractivity contribution >= 4 is 22.7 Å². The van der Waals surface area contributed by atoms with Crippen LogP contribution in [-0.4, -0.2) is 64.5 Å². The number of hydrogen-bond donors (Lipinski definition) is 3. The van der Waals surface area contributed by atoms with Gasteiger partial charge in [0.05, 0.1) is 18.8 Å². The maximum absolute atomic E-state index is 13.8. The number of hydrogen-bond acceptors (Lipinski definition) is 6. The number of ether oxygens (including phenoxy) is 1. The van der Waals surface area contributed by atoms with Crippen LogP contribution in [0.3, 0.4) is 0 Å². The largest absolute Gasteiger partial charge is 0.482 e. The van der Waals surface area contributed by atoms with Crippen molar-refractivity contribution in [2.45, 2.75) is 32.3 Å². The molecule has 34 heavy (non-hydrogen) atoms. The Morgan fingerprint density at radius 2 is 1.88 bits per heavy atom. The van der Waals surface area contributed by atoms with Gasteiger partial charge >= 0.3 is 0 Å². The van der Waals surface area contributed by atoms with E-state index in [0.29, 0.717) is 35.7 Å². The molecule has 0 radical (unpaired) electrons. The van der Waals surface area contributed by atoms with Crippen molar-refractivity contribution in [3.05, 3.63) is 71.0 Å². The third-order valence-corrected chi connectivity index (χ3v) is 6.14. The van der Waals surface area contributed by atoms with Gasteiger partial charge in [-0.15, -0.1) is 0 Å². The van der Waals surface area contributed by atoms with Gasteiger partial charge in [-0.25, -0.2) is 4.39 Å². The molecular formula is C26H30FN3O4. The van der Waals surface area contributed by atoms with Gasteiger partial charge in [0.15, 0.2) is 0 Å². The van der Waals surface area contributed by atoms with Crippen molar-refractivity contribution in [1.82, 2.24) is 9.88 Å². The summed E-state index contributed by atoms with van der Waals surface area (Å²) in [6.45, 7) is 5.86. The molecule has 1 aromatic carbocycles. The number of nitrogens with one attached hydrogen (secondary N) is 1. The lowest BCUT2D eigenvalue weighted by atomic mass is 9.93. The number of carbonyl (C=O) groups is 1. The van der Waals surface area contributed by atoms with Gasteiger partial charge in [0.2, 0.25) is 0 Å². The zero-order valence-electron chi connectivity index (χ0n) is 19.5. The summed E-state index contributed by atoms with van der Waals surface area (Å²) in [5, 5.41) is 21.0. The van der Waals surface area contributed by atoms with Crippen molar-refractivity contribution in [2.75, 3.05) is 38.2 Å². The summed E-state index contributed by atoms with van der Waals surface area (Å²) in [7, 11) is 0. The number of allylic oxidation sites excluding steroid dienone is 1. The molecule has 0 aliphatic carbocycles. The minimum absolute atomic E-state index is 0.0697. The number of benzene rings is 1. The zero-order valence-corrected chi connectivity index (χ0v) is 19.5. The van der Waals surface area contributed by atoms with E-state index in [1.807, 2.05) is 37.0 Å². The fourth-order valence-corrected chi connectivity index (χ4v) is 4.44. The Labute approximate surface area is 198 Å². The first kappa shape index (κ1) is 24.1. The molecule has 0 spiro atoms. The predicted octanol–water partition coefficient (Wildman–Crippen LogP) is 3.00. The van der Waals surface area contributed by atoms with Gasteiger partial charge in [-0.2, -0.15) is 0 Å². The SMILES string of the molecule is CC1(C)O/C(=C2/C(=O)Nc3ccc(F)cc32)C=C1c1ccc(CCCN(CCO)CCO)nc1. The Morgan fingerprint density at radius 1 is 1.12 bits per heavy atom. The van der Waals surface area contributed by atoms with Crippen molar-refractivity contribution < 1.29 is 24.1 Å². The van der Waals surface area contributed by atoms with E-state index in [2.05, 4.69) is 10.3 Å². The average Bonchev–Trinajstić information content (AvgIpc) is 3.28. The second-order valence-electron chi connectivity index (χ2n) is 8.98. The van der Waals surface area contributed by atoms with Crippen LogP contribution in [0.5, 0.6) is 0 Å². The van der Waals surface area contributed by atoms with Crippen molar-refractivity contribution in [3.8, 4) is 0 Å². The molecule has 0 unspecified atom stereocenters. The Bertz CT molecular complexity index is 1120. The molecular weight excluding hydrogens is 437 g/mol. The van der Waals surface area contributed by atoms with Gasteiger partial charge in [-0.3, -0.25) is 14.7 Å². The maximum Gasteiger partial charge on any atom is 0.260 e. The molecule has 8 heteroatoms. The van der Waals surface area contributed by atoms with Gasteiger partial charge in [-0.05, 0) is 63.6 Å². The Morgan fingerprint density at radius 3 is 2.56 bits per heavy atom. The molecule has 1 amide bonds. The number of rotatable bonds is 9. The van der Waals surface area contributed by atoms with E-state index < -0.39 is 11.4 Å². The van der Waals surface area contributed by atoms with Crippen molar-refractivity contribution in [2.24, 2.45) is 0 Å². The highest BCUT2D eigenvalue weighted by Gasteiger charge is 2.38. The van der Waals surface area contributed by atoms with E-state index in [-0.39, 0.29) is 19.1 Å². The number of aryl methyl sites for hydroxylation is 1. The second kappa shape index (κ2) is 10.0. The Kier molecular flexibility index (Phi) is 7.11. The van der Waals surface area contributed by atoms with Crippen LogP contribution >= 0.6 is 0 Å². The molecule has 0 saturated carbocycles. The fraction of sp³-hybridized carbons (Fsp3) is 0.385. The van der Waals surface area contributed by atoms with E-state index in [1.165, 1.54) is 12.1 Å². The van der Waals surface area contributed by atoms with Crippen LogP contribution in [0.1, 0.15) is 37.1 Å². The number of anilines is 1. The van der Waals surface area contributed by atoms with Crippen LogP contribution in [0.2, 0.25) is 0 Å². The molecule has 0 atom stereocenters. The number of aromatic nitrogens is 1. The lowest BCUT2D eigenvalue weighted by Crippen LogP contribution is -2.31. The van der Waals surface area contributed by atoms with Crippen LogP contribution < -0.4 is 5.32 Å². The predicted molar refractivity (Wildman–Crippen MR) is 128 cm³/mol. The number of nitrogens with zero attached hydrogens (tertiary/aromatic N) is 2. The highest BCUT2D eigenvalue weighted by atomic mass is 19.1. The summed E-state index contributed by atoms with van der Waals surface area (Å²) in [5.41, 5.74) is 3.45. The normalized spacial score (nSPS) is 18.6. The molecule has 1 aromatic heterocycles. The number of aliphatic hydroxyl groups is 2. The summed E-state index contributed by atoms with van der Waals surface area (Å²) in [4.78, 5) is 19.2. The first-order valence-corrected chi connectivity index (χ1v) is 11.5. The maximum atomic E-state index is 13.8. The second-order valence-corrected chi connectivity index (χ2v) is 8.98. The van der Waals surface area contributed by atoms with Gasteiger partial charge in [0, 0.05) is 47.4 Å². The molecule has 2 aromatic rings. The summed E-state index contributed by atoms with van der Waals surface area (Å²) in [6.07, 6.45) is 5.30. The molecule has 2 aliphatic heterocycles. The average molecular weight is 468 g/mol. The van der Waals surface area contributed by atoms with E-state index in [4.69, 9.17) is 14.9 Å². The minimum atomic E-state index is -0.684. The van der Waals surface area contributed by atoms with Crippen LogP contribution in [0.25, 0.3) is 11.1 Å². The quantitative estimate of drug-likeness (QED) is 0.491. The van der Waals surface area contributed by atoms with Crippen LogP contribution in [0.15, 0.2) is 48.4 Å². The summed E-state index contributed by atoms with van der Waals surface area (Å²) < 4.78 is 20.0. The van der Waals surface area contributed by atoms with Gasteiger partial charge < -0.3 is 20.3 Å². The molecule has 7 nitrogen and oxygen atoms in total. The van der Waals surface area contributed by atoms with E-state index in [9.17, 15) is 9.18 Å². The standard InChI is InChI=1S/C26H30FN3O4/c1-26(2)21(15-23(34-26)24-20-14-18(27)6-8-22(20)29-25(24)33)17-5-7-19(28-16-17)4-3-9-30(10-12-31)11-13-32/h5-8,14-16,31-32H,3-4,9-13H2,1-2H3,(H,29,33)/b24-23+. The molecule has 180 valence electrons. The third-order valence-electron chi connectivity index (χ3n) is 6.14. The minimum Gasteiger partial charge on any atom is -0.482 e. The third kappa shape index (κ3) is 5.04. The first-order chi connectivity index (χ1) is 16.3. The number of pyridine rings is 1. The fourth-order valence-electron chi connectivity index (χ4n) is 4.44. The molecule has 4 rings (SSSR count). The number of amides is 1. The summed E-state index contributed by atoms with van der Waals surface area (Å²) in [6, 6.07) is 8.19. The Balaban J connectivity index is 1.52. The smallest absolute Gasteiger partial charge is 0.260 e. The molecule has 0 fully saturated rings. The number of carbonyl (C=O) groups excluding carboxylic acids is 1. The van der Waals surface area contributed by atoms with Gasteiger partial charge in [-0.1, -0.05) is 6.07 Å². The van der Waals surface area contributed by atoms with E-state index in [0.717, 1.165) is 36.2 Å². The number of aliphatic hydroxyl groups excluding tert-OH is 2. The first-order valence-electron chi connectivity index (χ1n) is 11.5. The monoisotopic (exact) mass is 467 g/mol. The number of halogens is 1. The van der Waals surface area contributed by atoms with Crippen LogP contribution in [0.4, 0.5) is 10.1 Å². The molecule has 2 aliphatic rings. The van der Waals surface area contributed by atoms with E-state index >= 15 is 0 Å². The van der Waals surface area contributed by atoms with Crippen LogP contribution in [-0.2, 0) is 16.0 Å². The van der Waals surface area contributed by atoms with Crippen molar-refractivity contribution in [3.63, 3.8) is 0 Å². The Hall–Kier alpha value is -3.07. The molecule has 3 heterocycles. The zero-order chi connectivity index (χ0) is 24.3. The summed E-state index contributed by atoms with van der Waals surface area (Å²) >= 11 is 0. The van der Waals surface area contributed by atoms with E-state index in [1.54, 1.807) is 12.3 Å². The highest BCUT2D eigenvalue weighted by molar-refractivity contribution is 6.32. The molecule has 3 N–H and O–H groups in total. The highest BCUT2D eigenvalue weighted by Crippen LogP contribution is 2.44. The topological polar surface area (TPSA) is 94.9 Å². The lowest BCUT2D eigenvalue weighted by molar-refractivity contribution is -0.111. The van der Waals surface area contributed by atoms with Gasteiger partial charge in [0.1, 0.15) is 17.2 Å².